The highest BCUT2D eigenvalue weighted by Gasteiger charge is 2.28. The molecule has 0 bridgehead atoms. The van der Waals surface area contributed by atoms with Gasteiger partial charge in [0, 0.05) is 0 Å². The number of aliphatic hydroxyl groups is 1. The van der Waals surface area contributed by atoms with E-state index in [1.807, 2.05) is 6.07 Å². The van der Waals surface area contributed by atoms with E-state index in [9.17, 15) is 5.11 Å². The average molecular weight is 232 g/mol. The molecule has 1 aromatic rings. The first-order chi connectivity index (χ1) is 8.00. The van der Waals surface area contributed by atoms with E-state index >= 15 is 0 Å². The molecule has 1 aliphatic rings. The van der Waals surface area contributed by atoms with E-state index in [0.717, 1.165) is 5.56 Å². The maximum Gasteiger partial charge on any atom is 0.0821 e. The largest absolute Gasteiger partial charge is 0.388 e. The van der Waals surface area contributed by atoms with E-state index in [2.05, 4.69) is 39.0 Å². The van der Waals surface area contributed by atoms with Crippen LogP contribution >= 0.6 is 0 Å². The fourth-order valence-corrected chi connectivity index (χ4v) is 2.96. The van der Waals surface area contributed by atoms with Crippen LogP contribution in [-0.4, -0.2) is 5.11 Å². The van der Waals surface area contributed by atoms with Crippen molar-refractivity contribution in [2.75, 3.05) is 0 Å². The highest BCUT2D eigenvalue weighted by Crippen LogP contribution is 2.39. The molecule has 0 aliphatic heterocycles. The Morgan fingerprint density at radius 1 is 1.12 bits per heavy atom. The highest BCUT2D eigenvalue weighted by atomic mass is 16.3. The predicted octanol–water partition coefficient (Wildman–Crippen LogP) is 4.21. The Morgan fingerprint density at radius 3 is 2.29 bits per heavy atom. The normalized spacial score (nSPS) is 19.5. The molecular formula is C16H24O. The Kier molecular flexibility index (Phi) is 3.58. The Bertz CT molecular complexity index is 369. The molecule has 1 nitrogen and oxygen atoms in total. The summed E-state index contributed by atoms with van der Waals surface area (Å²) in [5.41, 5.74) is 2.54. The molecule has 0 amide bonds. The summed E-state index contributed by atoms with van der Waals surface area (Å²) in [6, 6.07) is 8.38. The Balaban J connectivity index is 2.31. The maximum absolute atomic E-state index is 10.6. The van der Waals surface area contributed by atoms with Gasteiger partial charge >= 0.3 is 0 Å². The third-order valence-electron chi connectivity index (χ3n) is 3.93. The summed E-state index contributed by atoms with van der Waals surface area (Å²) < 4.78 is 0. The quantitative estimate of drug-likeness (QED) is 0.810. The lowest BCUT2D eigenvalue weighted by Crippen LogP contribution is -2.19. The molecule has 2 rings (SSSR count). The lowest BCUT2D eigenvalue weighted by molar-refractivity contribution is 0.110. The second-order valence-corrected chi connectivity index (χ2v) is 6.33. The van der Waals surface area contributed by atoms with E-state index in [-0.39, 0.29) is 11.5 Å². The second-order valence-electron chi connectivity index (χ2n) is 6.33. The first kappa shape index (κ1) is 12.6. The number of benzene rings is 1. The van der Waals surface area contributed by atoms with Gasteiger partial charge in [-0.15, -0.1) is 0 Å². The summed E-state index contributed by atoms with van der Waals surface area (Å²) in [6.07, 6.45) is 4.64. The standard InChI is InChI=1S/C16H24O/c1-16(2,3)14-11-7-6-10-13(14)15(17)12-8-4-5-9-12/h6-7,10-12,15,17H,4-5,8-9H2,1-3H3. The van der Waals surface area contributed by atoms with E-state index < -0.39 is 0 Å². The number of rotatable bonds is 2. The minimum absolute atomic E-state index is 0.107. The van der Waals surface area contributed by atoms with Gasteiger partial charge in [-0.2, -0.15) is 0 Å². The van der Waals surface area contributed by atoms with Crippen molar-refractivity contribution in [1.82, 2.24) is 0 Å². The smallest absolute Gasteiger partial charge is 0.0821 e. The summed E-state index contributed by atoms with van der Waals surface area (Å²) in [7, 11) is 0. The van der Waals surface area contributed by atoms with Crippen molar-refractivity contribution in [3.05, 3.63) is 35.4 Å². The van der Waals surface area contributed by atoms with Crippen molar-refractivity contribution in [3.8, 4) is 0 Å². The first-order valence-electron chi connectivity index (χ1n) is 6.77. The lowest BCUT2D eigenvalue weighted by Gasteiger charge is -2.27. The van der Waals surface area contributed by atoms with Crippen LogP contribution in [0.15, 0.2) is 24.3 Å². The lowest BCUT2D eigenvalue weighted by atomic mass is 9.80. The molecule has 1 atom stereocenters. The second kappa shape index (κ2) is 4.81. The molecule has 17 heavy (non-hydrogen) atoms. The fraction of sp³-hybridized carbons (Fsp3) is 0.625. The number of hydrogen-bond donors (Lipinski definition) is 1. The van der Waals surface area contributed by atoms with Crippen LogP contribution < -0.4 is 0 Å². The first-order valence-corrected chi connectivity index (χ1v) is 6.77. The van der Waals surface area contributed by atoms with Crippen molar-refractivity contribution in [2.24, 2.45) is 5.92 Å². The number of hydrogen-bond acceptors (Lipinski definition) is 1. The van der Waals surface area contributed by atoms with Gasteiger partial charge in [-0.1, -0.05) is 57.9 Å². The topological polar surface area (TPSA) is 20.2 Å². The average Bonchev–Trinajstić information content (AvgIpc) is 2.80. The molecule has 1 aliphatic carbocycles. The van der Waals surface area contributed by atoms with Crippen LogP contribution in [0.4, 0.5) is 0 Å². The molecule has 0 heterocycles. The van der Waals surface area contributed by atoms with Crippen molar-refractivity contribution in [1.29, 1.82) is 0 Å². The van der Waals surface area contributed by atoms with Gasteiger partial charge in [-0.25, -0.2) is 0 Å². The van der Waals surface area contributed by atoms with Crippen LogP contribution in [-0.2, 0) is 5.41 Å². The highest BCUT2D eigenvalue weighted by molar-refractivity contribution is 5.34. The Labute approximate surface area is 105 Å². The zero-order chi connectivity index (χ0) is 12.5. The number of aliphatic hydroxyl groups excluding tert-OH is 1. The van der Waals surface area contributed by atoms with Crippen LogP contribution in [0.1, 0.15) is 63.7 Å². The van der Waals surface area contributed by atoms with Gasteiger partial charge in [0.1, 0.15) is 0 Å². The van der Waals surface area contributed by atoms with Gasteiger partial charge in [0.2, 0.25) is 0 Å². The van der Waals surface area contributed by atoms with E-state index in [1.54, 1.807) is 0 Å². The van der Waals surface area contributed by atoms with Crippen molar-refractivity contribution in [3.63, 3.8) is 0 Å². The molecule has 1 aromatic carbocycles. The van der Waals surface area contributed by atoms with Crippen LogP contribution in [0, 0.1) is 5.92 Å². The molecule has 1 fully saturated rings. The maximum atomic E-state index is 10.6. The van der Waals surface area contributed by atoms with Gasteiger partial charge in [-0.3, -0.25) is 0 Å². The Hall–Kier alpha value is -0.820. The van der Waals surface area contributed by atoms with E-state index in [0.29, 0.717) is 5.92 Å². The fourth-order valence-electron chi connectivity index (χ4n) is 2.96. The monoisotopic (exact) mass is 232 g/mol. The molecule has 94 valence electrons. The molecule has 0 radical (unpaired) electrons. The van der Waals surface area contributed by atoms with Crippen LogP contribution in [0.2, 0.25) is 0 Å². The zero-order valence-corrected chi connectivity index (χ0v) is 11.2. The summed E-state index contributed by atoms with van der Waals surface area (Å²) >= 11 is 0. The van der Waals surface area contributed by atoms with Gasteiger partial charge in [0.15, 0.2) is 0 Å². The molecule has 1 unspecified atom stereocenters. The van der Waals surface area contributed by atoms with Crippen molar-refractivity contribution >= 4 is 0 Å². The molecule has 1 saturated carbocycles. The molecule has 1 heteroatoms. The van der Waals surface area contributed by atoms with Gasteiger partial charge in [0.25, 0.3) is 0 Å². The van der Waals surface area contributed by atoms with Crippen LogP contribution in [0.3, 0.4) is 0 Å². The van der Waals surface area contributed by atoms with Gasteiger partial charge in [-0.05, 0) is 35.3 Å². The van der Waals surface area contributed by atoms with Gasteiger partial charge < -0.3 is 5.11 Å². The SMILES string of the molecule is CC(C)(C)c1ccccc1C(O)C1CCCC1. The van der Waals surface area contributed by atoms with E-state index in [1.165, 1.54) is 31.2 Å². The Morgan fingerprint density at radius 2 is 1.71 bits per heavy atom. The van der Waals surface area contributed by atoms with Crippen LogP contribution in [0.25, 0.3) is 0 Å². The zero-order valence-electron chi connectivity index (χ0n) is 11.2. The molecule has 1 N–H and O–H groups in total. The minimum atomic E-state index is -0.270. The van der Waals surface area contributed by atoms with Crippen molar-refractivity contribution < 1.29 is 5.11 Å². The molecule has 0 saturated heterocycles. The predicted molar refractivity (Wildman–Crippen MR) is 72.1 cm³/mol. The summed E-state index contributed by atoms with van der Waals surface area (Å²) in [6.45, 7) is 6.65. The van der Waals surface area contributed by atoms with E-state index in [4.69, 9.17) is 0 Å². The molecule has 0 spiro atoms. The van der Waals surface area contributed by atoms with Gasteiger partial charge in [0.05, 0.1) is 6.10 Å². The van der Waals surface area contributed by atoms with Crippen molar-refractivity contribution in [2.45, 2.75) is 58.0 Å². The summed E-state index contributed by atoms with van der Waals surface area (Å²) in [5.74, 6) is 0.471. The van der Waals surface area contributed by atoms with Crippen LogP contribution in [0.5, 0.6) is 0 Å². The summed E-state index contributed by atoms with van der Waals surface area (Å²) in [5, 5.41) is 10.6. The molecular weight excluding hydrogens is 208 g/mol. The third-order valence-corrected chi connectivity index (χ3v) is 3.93. The minimum Gasteiger partial charge on any atom is -0.388 e. The summed E-state index contributed by atoms with van der Waals surface area (Å²) in [4.78, 5) is 0. The third kappa shape index (κ3) is 2.71. The molecule has 0 aromatic heterocycles.